The summed E-state index contributed by atoms with van der Waals surface area (Å²) in [4.78, 5) is 23.4. The minimum absolute atomic E-state index is 0.148. The molecule has 2 rings (SSSR count). The molecule has 0 unspecified atom stereocenters. The van der Waals surface area contributed by atoms with Crippen molar-refractivity contribution in [2.24, 2.45) is 0 Å². The molecule has 0 fully saturated rings. The lowest BCUT2D eigenvalue weighted by molar-refractivity contribution is -0.128. The Kier molecular flexibility index (Phi) is 6.11. The molecule has 23 heavy (non-hydrogen) atoms. The van der Waals surface area contributed by atoms with Crippen LogP contribution in [0.3, 0.4) is 0 Å². The minimum Gasteiger partial charge on any atom is -0.273 e. The van der Waals surface area contributed by atoms with Crippen LogP contribution in [0.5, 0.6) is 0 Å². The van der Waals surface area contributed by atoms with E-state index >= 15 is 0 Å². The van der Waals surface area contributed by atoms with Gasteiger partial charge in [-0.3, -0.25) is 20.4 Å². The van der Waals surface area contributed by atoms with Crippen molar-refractivity contribution in [2.75, 3.05) is 0 Å². The number of halogens is 2. The summed E-state index contributed by atoms with van der Waals surface area (Å²) in [7, 11) is 0. The fourth-order valence-electron chi connectivity index (χ4n) is 1.94. The summed E-state index contributed by atoms with van der Waals surface area (Å²) in [6.07, 6.45) is 0.821. The average Bonchev–Trinajstić information content (AvgIpc) is 2.54. The summed E-state index contributed by atoms with van der Waals surface area (Å²) in [6.45, 7) is 0. The Morgan fingerprint density at radius 1 is 0.870 bits per heavy atom. The lowest BCUT2D eigenvalue weighted by Crippen LogP contribution is -2.42. The molecular weight excluding hydrogens is 319 g/mol. The normalized spacial score (nSPS) is 10.2. The van der Waals surface area contributed by atoms with E-state index in [2.05, 4.69) is 10.9 Å². The van der Waals surface area contributed by atoms with Gasteiger partial charge in [0.1, 0.15) is 5.82 Å². The Bertz CT molecular complexity index is 672. The second kappa shape index (κ2) is 8.29. The smallest absolute Gasteiger partial charge is 0.242 e. The van der Waals surface area contributed by atoms with Gasteiger partial charge in [-0.05, 0) is 41.8 Å². The number of hydrogen-bond donors (Lipinski definition) is 2. The van der Waals surface area contributed by atoms with Gasteiger partial charge in [0.25, 0.3) is 0 Å². The highest BCUT2D eigenvalue weighted by Crippen LogP contribution is 2.09. The number of benzene rings is 2. The maximum Gasteiger partial charge on any atom is 0.242 e. The monoisotopic (exact) mass is 334 g/mol. The number of hydrazine groups is 1. The van der Waals surface area contributed by atoms with E-state index in [0.29, 0.717) is 11.4 Å². The molecule has 0 atom stereocenters. The highest BCUT2D eigenvalue weighted by molar-refractivity contribution is 6.30. The number of aryl methyl sites for hydroxylation is 1. The topological polar surface area (TPSA) is 58.2 Å². The zero-order valence-electron chi connectivity index (χ0n) is 12.3. The SMILES string of the molecule is O=C(CCc1ccc(F)cc1)NNC(=O)Cc1ccc(Cl)cc1. The van der Waals surface area contributed by atoms with E-state index in [1.807, 2.05) is 0 Å². The Balaban J connectivity index is 1.70. The van der Waals surface area contributed by atoms with Crippen LogP contribution < -0.4 is 10.9 Å². The van der Waals surface area contributed by atoms with Crippen LogP contribution in [0, 0.1) is 5.82 Å². The maximum atomic E-state index is 12.8. The van der Waals surface area contributed by atoms with Gasteiger partial charge in [0.05, 0.1) is 6.42 Å². The zero-order valence-corrected chi connectivity index (χ0v) is 13.1. The molecule has 2 aromatic carbocycles. The maximum absolute atomic E-state index is 12.8. The molecule has 0 bridgehead atoms. The first-order valence-electron chi connectivity index (χ1n) is 7.09. The summed E-state index contributed by atoms with van der Waals surface area (Å²) in [5.74, 6) is -0.936. The Morgan fingerprint density at radius 3 is 2.09 bits per heavy atom. The molecule has 6 heteroatoms. The van der Waals surface area contributed by atoms with Crippen LogP contribution in [0.15, 0.2) is 48.5 Å². The first-order valence-corrected chi connectivity index (χ1v) is 7.47. The highest BCUT2D eigenvalue weighted by Gasteiger charge is 2.06. The molecule has 0 aliphatic carbocycles. The molecule has 0 heterocycles. The fourth-order valence-corrected chi connectivity index (χ4v) is 2.07. The van der Waals surface area contributed by atoms with Crippen LogP contribution in [-0.2, 0) is 22.4 Å². The first kappa shape index (κ1) is 17.0. The van der Waals surface area contributed by atoms with Crippen molar-refractivity contribution in [3.05, 3.63) is 70.5 Å². The van der Waals surface area contributed by atoms with Crippen LogP contribution in [0.2, 0.25) is 5.02 Å². The van der Waals surface area contributed by atoms with Crippen molar-refractivity contribution < 1.29 is 14.0 Å². The third kappa shape index (κ3) is 6.08. The minimum atomic E-state index is -0.317. The predicted octanol–water partition coefficient (Wildman–Crippen LogP) is 2.80. The van der Waals surface area contributed by atoms with Gasteiger partial charge in [-0.1, -0.05) is 35.9 Å². The number of rotatable bonds is 5. The van der Waals surface area contributed by atoms with Crippen molar-refractivity contribution >= 4 is 23.4 Å². The van der Waals surface area contributed by atoms with Crippen LogP contribution in [0.1, 0.15) is 17.5 Å². The molecule has 0 radical (unpaired) electrons. The molecular formula is C17H16ClFN2O2. The third-order valence-electron chi connectivity index (χ3n) is 3.17. The molecule has 0 spiro atoms. The standard InChI is InChI=1S/C17H16ClFN2O2/c18-14-6-1-13(2-7-14)11-17(23)21-20-16(22)10-5-12-3-8-15(19)9-4-12/h1-4,6-9H,5,10-11H2,(H,20,22)(H,21,23). The third-order valence-corrected chi connectivity index (χ3v) is 3.43. The fraction of sp³-hybridized carbons (Fsp3) is 0.176. The largest absolute Gasteiger partial charge is 0.273 e. The first-order chi connectivity index (χ1) is 11.0. The highest BCUT2D eigenvalue weighted by atomic mass is 35.5. The molecule has 0 aromatic heterocycles. The Hall–Kier alpha value is -2.40. The molecule has 120 valence electrons. The van der Waals surface area contributed by atoms with E-state index in [0.717, 1.165) is 11.1 Å². The van der Waals surface area contributed by atoms with Gasteiger partial charge in [0.15, 0.2) is 0 Å². The van der Waals surface area contributed by atoms with Gasteiger partial charge < -0.3 is 0 Å². The van der Waals surface area contributed by atoms with Crippen LogP contribution in [-0.4, -0.2) is 11.8 Å². The lowest BCUT2D eigenvalue weighted by Gasteiger charge is -2.07. The number of amides is 2. The van der Waals surface area contributed by atoms with Gasteiger partial charge in [0, 0.05) is 11.4 Å². The molecule has 2 N–H and O–H groups in total. The molecule has 0 aliphatic rings. The quantitative estimate of drug-likeness (QED) is 0.826. The summed E-state index contributed by atoms with van der Waals surface area (Å²) in [5, 5.41) is 0.600. The van der Waals surface area contributed by atoms with E-state index in [9.17, 15) is 14.0 Å². The van der Waals surface area contributed by atoms with Gasteiger partial charge in [-0.25, -0.2) is 4.39 Å². The van der Waals surface area contributed by atoms with E-state index < -0.39 is 0 Å². The van der Waals surface area contributed by atoms with Crippen LogP contribution in [0.25, 0.3) is 0 Å². The van der Waals surface area contributed by atoms with E-state index in [-0.39, 0.29) is 30.5 Å². The van der Waals surface area contributed by atoms with Gasteiger partial charge in [-0.2, -0.15) is 0 Å². The predicted molar refractivity (Wildman–Crippen MR) is 86.2 cm³/mol. The van der Waals surface area contributed by atoms with Crippen molar-refractivity contribution in [3.63, 3.8) is 0 Å². The molecule has 0 saturated heterocycles. The molecule has 0 aliphatic heterocycles. The van der Waals surface area contributed by atoms with Crippen LogP contribution in [0.4, 0.5) is 4.39 Å². The van der Waals surface area contributed by atoms with Crippen molar-refractivity contribution in [2.45, 2.75) is 19.3 Å². The Labute approximate surface area is 138 Å². The zero-order chi connectivity index (χ0) is 16.7. The van der Waals surface area contributed by atoms with Crippen LogP contribution >= 0.6 is 11.6 Å². The number of hydrogen-bond acceptors (Lipinski definition) is 2. The van der Waals surface area contributed by atoms with Crippen molar-refractivity contribution in [1.29, 1.82) is 0 Å². The summed E-state index contributed by atoms with van der Waals surface area (Å²) >= 11 is 5.77. The summed E-state index contributed by atoms with van der Waals surface area (Å²) < 4.78 is 12.8. The van der Waals surface area contributed by atoms with E-state index in [1.54, 1.807) is 36.4 Å². The van der Waals surface area contributed by atoms with Crippen molar-refractivity contribution in [1.82, 2.24) is 10.9 Å². The number of carbonyl (C=O) groups is 2. The number of carbonyl (C=O) groups excluding carboxylic acids is 2. The second-order valence-corrected chi connectivity index (χ2v) is 5.46. The van der Waals surface area contributed by atoms with Gasteiger partial charge >= 0.3 is 0 Å². The molecule has 2 aromatic rings. The number of nitrogens with one attached hydrogen (secondary N) is 2. The molecule has 4 nitrogen and oxygen atoms in total. The summed E-state index contributed by atoms with van der Waals surface area (Å²) in [6, 6.07) is 12.8. The lowest BCUT2D eigenvalue weighted by atomic mass is 10.1. The molecule has 0 saturated carbocycles. The molecule has 2 amide bonds. The van der Waals surface area contributed by atoms with E-state index in [4.69, 9.17) is 11.6 Å². The van der Waals surface area contributed by atoms with Gasteiger partial charge in [-0.15, -0.1) is 0 Å². The second-order valence-electron chi connectivity index (χ2n) is 5.03. The summed E-state index contributed by atoms with van der Waals surface area (Å²) in [5.41, 5.74) is 6.37. The van der Waals surface area contributed by atoms with Crippen molar-refractivity contribution in [3.8, 4) is 0 Å². The van der Waals surface area contributed by atoms with Gasteiger partial charge in [0.2, 0.25) is 11.8 Å². The average molecular weight is 335 g/mol. The van der Waals surface area contributed by atoms with E-state index in [1.165, 1.54) is 12.1 Å². The Morgan fingerprint density at radius 2 is 1.43 bits per heavy atom.